The van der Waals surface area contributed by atoms with Gasteiger partial charge in [0.2, 0.25) is 0 Å². The maximum atomic E-state index is 11.8. The standard InChI is InChI=1S/C15H14N4O4S/c20-6-7-24-14-4-3-11(8-13(14)19(22)23)9-17-18-15(21)12-2-1-5-16-10-12/h1-5,8-10,20H,6-7H2,(H,18,21)/b17-9+. The molecule has 1 aromatic carbocycles. The number of aliphatic hydroxyl groups excluding tert-OH is 1. The van der Waals surface area contributed by atoms with Gasteiger partial charge in [-0.1, -0.05) is 6.07 Å². The summed E-state index contributed by atoms with van der Waals surface area (Å²) in [6.07, 6.45) is 4.28. The van der Waals surface area contributed by atoms with E-state index in [9.17, 15) is 14.9 Å². The van der Waals surface area contributed by atoms with Gasteiger partial charge in [0.05, 0.1) is 28.2 Å². The van der Waals surface area contributed by atoms with Crippen LogP contribution in [0.5, 0.6) is 0 Å². The first-order valence-electron chi connectivity index (χ1n) is 6.87. The van der Waals surface area contributed by atoms with Crippen molar-refractivity contribution in [2.75, 3.05) is 12.4 Å². The van der Waals surface area contributed by atoms with Crippen molar-refractivity contribution >= 4 is 29.6 Å². The predicted molar refractivity (Wildman–Crippen MR) is 90.2 cm³/mol. The van der Waals surface area contributed by atoms with Crippen LogP contribution in [0, 0.1) is 10.1 Å². The van der Waals surface area contributed by atoms with Crippen LogP contribution in [-0.2, 0) is 0 Å². The van der Waals surface area contributed by atoms with E-state index in [4.69, 9.17) is 5.11 Å². The van der Waals surface area contributed by atoms with Crippen LogP contribution in [0.3, 0.4) is 0 Å². The first-order valence-corrected chi connectivity index (χ1v) is 7.86. The zero-order chi connectivity index (χ0) is 17.4. The minimum Gasteiger partial charge on any atom is -0.396 e. The highest BCUT2D eigenvalue weighted by Crippen LogP contribution is 2.29. The Bertz CT molecular complexity index is 752. The maximum absolute atomic E-state index is 11.8. The van der Waals surface area contributed by atoms with Crippen molar-refractivity contribution in [1.29, 1.82) is 0 Å². The monoisotopic (exact) mass is 346 g/mol. The van der Waals surface area contributed by atoms with Crippen LogP contribution < -0.4 is 5.43 Å². The Labute approximate surface area is 141 Å². The number of hydrazone groups is 1. The first kappa shape index (κ1) is 17.6. The summed E-state index contributed by atoms with van der Waals surface area (Å²) in [4.78, 5) is 26.7. The SMILES string of the molecule is O=C(N/N=C/c1ccc(SCCO)c([N+](=O)[O-])c1)c1cccnc1. The third-order valence-electron chi connectivity index (χ3n) is 2.83. The Hall–Kier alpha value is -2.78. The predicted octanol–water partition coefficient (Wildman–Crippen LogP) is 1.84. The van der Waals surface area contributed by atoms with Gasteiger partial charge in [0.15, 0.2) is 0 Å². The summed E-state index contributed by atoms with van der Waals surface area (Å²) in [7, 11) is 0. The molecule has 0 saturated heterocycles. The third kappa shape index (κ3) is 4.86. The highest BCUT2D eigenvalue weighted by Gasteiger charge is 2.14. The second-order valence-electron chi connectivity index (χ2n) is 4.50. The van der Waals surface area contributed by atoms with Crippen LogP contribution >= 0.6 is 11.8 Å². The number of rotatable bonds is 7. The Morgan fingerprint density at radius 1 is 1.46 bits per heavy atom. The van der Waals surface area contributed by atoms with Gasteiger partial charge in [0, 0.05) is 29.8 Å². The summed E-state index contributed by atoms with van der Waals surface area (Å²) < 4.78 is 0. The molecular weight excluding hydrogens is 332 g/mol. The van der Waals surface area contributed by atoms with Crippen molar-refractivity contribution in [3.63, 3.8) is 0 Å². The van der Waals surface area contributed by atoms with E-state index in [0.29, 0.717) is 21.8 Å². The highest BCUT2D eigenvalue weighted by atomic mass is 32.2. The van der Waals surface area contributed by atoms with Crippen LogP contribution in [0.2, 0.25) is 0 Å². The van der Waals surface area contributed by atoms with E-state index in [2.05, 4.69) is 15.5 Å². The van der Waals surface area contributed by atoms with Gasteiger partial charge in [-0.15, -0.1) is 11.8 Å². The molecule has 0 aliphatic carbocycles. The van der Waals surface area contributed by atoms with Gasteiger partial charge in [0.1, 0.15) is 0 Å². The van der Waals surface area contributed by atoms with Gasteiger partial charge >= 0.3 is 0 Å². The molecule has 2 rings (SSSR count). The number of aromatic nitrogens is 1. The van der Waals surface area contributed by atoms with E-state index in [0.717, 1.165) is 0 Å². The molecule has 9 heteroatoms. The Kier molecular flexibility index (Phi) is 6.41. The average molecular weight is 346 g/mol. The molecule has 2 aromatic rings. The number of carbonyl (C=O) groups is 1. The summed E-state index contributed by atoms with van der Waals surface area (Å²) in [6.45, 7) is -0.0641. The van der Waals surface area contributed by atoms with Gasteiger partial charge < -0.3 is 5.11 Å². The number of nitro groups is 1. The lowest BCUT2D eigenvalue weighted by Crippen LogP contribution is -2.17. The van der Waals surface area contributed by atoms with Crippen LogP contribution in [0.15, 0.2) is 52.7 Å². The fourth-order valence-corrected chi connectivity index (χ4v) is 2.52. The number of nitrogens with zero attached hydrogens (tertiary/aromatic N) is 3. The summed E-state index contributed by atoms with van der Waals surface area (Å²) >= 11 is 1.20. The summed E-state index contributed by atoms with van der Waals surface area (Å²) in [5, 5.41) is 23.7. The number of hydrogen-bond donors (Lipinski definition) is 2. The number of carbonyl (C=O) groups excluding carboxylic acids is 1. The molecule has 124 valence electrons. The average Bonchev–Trinajstić information content (AvgIpc) is 2.61. The molecule has 0 aliphatic heterocycles. The van der Waals surface area contributed by atoms with E-state index in [1.54, 1.807) is 30.5 Å². The molecule has 0 radical (unpaired) electrons. The maximum Gasteiger partial charge on any atom is 0.283 e. The van der Waals surface area contributed by atoms with Gasteiger partial charge in [-0.05, 0) is 18.2 Å². The number of nitro benzene ring substituents is 1. The molecular formula is C15H14N4O4S. The minimum absolute atomic E-state index is 0.0641. The third-order valence-corrected chi connectivity index (χ3v) is 3.87. The van der Waals surface area contributed by atoms with Crippen molar-refractivity contribution in [1.82, 2.24) is 10.4 Å². The molecule has 0 fully saturated rings. The molecule has 0 bridgehead atoms. The Morgan fingerprint density at radius 3 is 2.96 bits per heavy atom. The lowest BCUT2D eigenvalue weighted by molar-refractivity contribution is -0.387. The van der Waals surface area contributed by atoms with E-state index in [-0.39, 0.29) is 12.3 Å². The number of hydrogen-bond acceptors (Lipinski definition) is 7. The molecule has 0 saturated carbocycles. The molecule has 0 unspecified atom stereocenters. The van der Waals surface area contributed by atoms with Gasteiger partial charge in [-0.25, -0.2) is 5.43 Å². The Balaban J connectivity index is 2.07. The molecule has 24 heavy (non-hydrogen) atoms. The van der Waals surface area contributed by atoms with Crippen LogP contribution in [-0.4, -0.2) is 39.5 Å². The van der Waals surface area contributed by atoms with Crippen molar-refractivity contribution in [3.05, 3.63) is 64.0 Å². The number of nitrogens with one attached hydrogen (secondary N) is 1. The van der Waals surface area contributed by atoms with Gasteiger partial charge in [-0.3, -0.25) is 19.9 Å². The van der Waals surface area contributed by atoms with Crippen LogP contribution in [0.1, 0.15) is 15.9 Å². The molecule has 0 aliphatic rings. The van der Waals surface area contributed by atoms with Crippen molar-refractivity contribution in [3.8, 4) is 0 Å². The van der Waals surface area contributed by atoms with Gasteiger partial charge in [0.25, 0.3) is 11.6 Å². The number of thioether (sulfide) groups is 1. The number of aliphatic hydroxyl groups is 1. The molecule has 2 N–H and O–H groups in total. The minimum atomic E-state index is -0.495. The number of amides is 1. The lowest BCUT2D eigenvalue weighted by Gasteiger charge is -2.03. The van der Waals surface area contributed by atoms with E-state index in [1.807, 2.05) is 0 Å². The Morgan fingerprint density at radius 2 is 2.29 bits per heavy atom. The van der Waals surface area contributed by atoms with E-state index in [1.165, 1.54) is 30.2 Å². The second-order valence-corrected chi connectivity index (χ2v) is 5.63. The van der Waals surface area contributed by atoms with Crippen molar-refractivity contribution in [2.45, 2.75) is 4.90 Å². The zero-order valence-corrected chi connectivity index (χ0v) is 13.3. The first-order chi connectivity index (χ1) is 11.6. The molecule has 1 aromatic heterocycles. The number of pyridine rings is 1. The summed E-state index contributed by atoms with van der Waals surface area (Å²) in [5.74, 6) is -0.0564. The van der Waals surface area contributed by atoms with Gasteiger partial charge in [-0.2, -0.15) is 5.10 Å². The van der Waals surface area contributed by atoms with Crippen LogP contribution in [0.25, 0.3) is 0 Å². The lowest BCUT2D eigenvalue weighted by atomic mass is 10.2. The molecule has 0 atom stereocenters. The summed E-state index contributed by atoms with van der Waals surface area (Å²) in [6, 6.07) is 7.81. The molecule has 1 heterocycles. The topological polar surface area (TPSA) is 118 Å². The largest absolute Gasteiger partial charge is 0.396 e. The van der Waals surface area contributed by atoms with Crippen molar-refractivity contribution in [2.24, 2.45) is 5.10 Å². The zero-order valence-electron chi connectivity index (χ0n) is 12.5. The second kappa shape index (κ2) is 8.75. The normalized spacial score (nSPS) is 10.7. The quantitative estimate of drug-likeness (QED) is 0.342. The summed E-state index contributed by atoms with van der Waals surface area (Å²) in [5.41, 5.74) is 3.09. The van der Waals surface area contributed by atoms with E-state index >= 15 is 0 Å². The highest BCUT2D eigenvalue weighted by molar-refractivity contribution is 7.99. The molecule has 1 amide bonds. The van der Waals surface area contributed by atoms with Crippen molar-refractivity contribution < 1.29 is 14.8 Å². The van der Waals surface area contributed by atoms with E-state index < -0.39 is 10.8 Å². The van der Waals surface area contributed by atoms with Crippen LogP contribution in [0.4, 0.5) is 5.69 Å². The fourth-order valence-electron chi connectivity index (χ4n) is 1.76. The smallest absolute Gasteiger partial charge is 0.283 e. The molecule has 0 spiro atoms. The molecule has 8 nitrogen and oxygen atoms in total. The number of benzene rings is 1. The fraction of sp³-hybridized carbons (Fsp3) is 0.133.